The number of amides is 1. The lowest BCUT2D eigenvalue weighted by Crippen LogP contribution is -2.43. The van der Waals surface area contributed by atoms with E-state index >= 15 is 0 Å². The number of rotatable bonds is 5. The highest BCUT2D eigenvalue weighted by Crippen LogP contribution is 2.33. The fourth-order valence-corrected chi connectivity index (χ4v) is 3.14. The molecule has 1 aromatic carbocycles. The second-order valence-corrected chi connectivity index (χ2v) is 7.05. The molecule has 0 bridgehead atoms. The van der Waals surface area contributed by atoms with E-state index in [-0.39, 0.29) is 17.4 Å². The number of hydrogen-bond donors (Lipinski definition) is 1. The fraction of sp³-hybridized carbons (Fsp3) is 0.588. The van der Waals surface area contributed by atoms with E-state index in [0.29, 0.717) is 6.42 Å². The van der Waals surface area contributed by atoms with E-state index in [9.17, 15) is 4.79 Å². The maximum Gasteiger partial charge on any atom is 0.228 e. The summed E-state index contributed by atoms with van der Waals surface area (Å²) in [6.07, 6.45) is 0.533. The lowest BCUT2D eigenvalue weighted by molar-refractivity contribution is -0.119. The third-order valence-corrected chi connectivity index (χ3v) is 4.00. The van der Waals surface area contributed by atoms with Crippen LogP contribution in [0.4, 0.5) is 5.69 Å². The summed E-state index contributed by atoms with van der Waals surface area (Å²) in [7, 11) is 6.04. The Hall–Kier alpha value is -1.39. The Labute approximate surface area is 128 Å². The molecule has 1 aliphatic heterocycles. The summed E-state index contributed by atoms with van der Waals surface area (Å²) < 4.78 is 0. The molecular formula is C17H27N3O. The molecule has 1 amide bonds. The van der Waals surface area contributed by atoms with Crippen LogP contribution >= 0.6 is 0 Å². The number of fused-ring (bicyclic) bond motifs is 1. The Morgan fingerprint density at radius 2 is 2.00 bits per heavy atom. The lowest BCUT2D eigenvalue weighted by atomic mass is 9.90. The highest BCUT2D eigenvalue weighted by molar-refractivity contribution is 5.96. The summed E-state index contributed by atoms with van der Waals surface area (Å²) in [5, 5.41) is 3.60. The Bertz CT molecular complexity index is 511. The van der Waals surface area contributed by atoms with Gasteiger partial charge in [-0.15, -0.1) is 0 Å². The molecule has 1 heterocycles. The fourth-order valence-electron chi connectivity index (χ4n) is 3.14. The monoisotopic (exact) mass is 289 g/mol. The number of nitrogens with one attached hydrogen (secondary N) is 1. The highest BCUT2D eigenvalue weighted by Gasteiger charge is 2.30. The van der Waals surface area contributed by atoms with E-state index in [4.69, 9.17) is 0 Å². The van der Waals surface area contributed by atoms with Crippen molar-refractivity contribution in [2.45, 2.75) is 26.3 Å². The van der Waals surface area contributed by atoms with Crippen LogP contribution in [0.2, 0.25) is 0 Å². The summed E-state index contributed by atoms with van der Waals surface area (Å²) in [5.41, 5.74) is 2.42. The number of carbonyl (C=O) groups excluding carboxylic acids is 1. The van der Waals surface area contributed by atoms with Gasteiger partial charge in [0.25, 0.3) is 0 Å². The van der Waals surface area contributed by atoms with Gasteiger partial charge in [0.15, 0.2) is 0 Å². The van der Waals surface area contributed by atoms with Gasteiger partial charge < -0.3 is 15.1 Å². The number of benzene rings is 1. The van der Waals surface area contributed by atoms with Crippen molar-refractivity contribution >= 4 is 11.6 Å². The molecule has 0 aliphatic carbocycles. The first-order chi connectivity index (χ1) is 9.80. The van der Waals surface area contributed by atoms with Crippen LogP contribution in [0.3, 0.4) is 0 Å². The molecule has 4 heteroatoms. The van der Waals surface area contributed by atoms with Gasteiger partial charge >= 0.3 is 0 Å². The van der Waals surface area contributed by atoms with Gasteiger partial charge in [0, 0.05) is 38.3 Å². The van der Waals surface area contributed by atoms with Crippen molar-refractivity contribution in [2.75, 3.05) is 39.1 Å². The van der Waals surface area contributed by atoms with Gasteiger partial charge in [0.05, 0.1) is 0 Å². The summed E-state index contributed by atoms with van der Waals surface area (Å²) in [4.78, 5) is 16.1. The van der Waals surface area contributed by atoms with E-state index in [1.165, 1.54) is 5.56 Å². The molecule has 0 saturated heterocycles. The van der Waals surface area contributed by atoms with Gasteiger partial charge in [-0.3, -0.25) is 4.79 Å². The van der Waals surface area contributed by atoms with Crippen molar-refractivity contribution in [3.8, 4) is 0 Å². The van der Waals surface area contributed by atoms with Gasteiger partial charge in [0.2, 0.25) is 5.91 Å². The van der Waals surface area contributed by atoms with Crippen molar-refractivity contribution < 1.29 is 4.79 Å². The second-order valence-electron chi connectivity index (χ2n) is 7.05. The Balaban J connectivity index is 2.11. The topological polar surface area (TPSA) is 35.6 Å². The van der Waals surface area contributed by atoms with Gasteiger partial charge in [-0.1, -0.05) is 32.0 Å². The molecule has 0 aromatic heterocycles. The molecule has 1 aromatic rings. The highest BCUT2D eigenvalue weighted by atomic mass is 16.2. The molecule has 4 nitrogen and oxygen atoms in total. The van der Waals surface area contributed by atoms with Crippen LogP contribution in [0.5, 0.6) is 0 Å². The Morgan fingerprint density at radius 1 is 1.33 bits per heavy atom. The van der Waals surface area contributed by atoms with Crippen molar-refractivity contribution in [3.63, 3.8) is 0 Å². The number of carbonyl (C=O) groups is 1. The zero-order valence-electron chi connectivity index (χ0n) is 13.8. The summed E-state index contributed by atoms with van der Waals surface area (Å²) in [6.45, 7) is 6.41. The molecular weight excluding hydrogens is 262 g/mol. The maximum absolute atomic E-state index is 12.1. The first kappa shape index (κ1) is 16.0. The van der Waals surface area contributed by atoms with Crippen molar-refractivity contribution in [3.05, 3.63) is 29.8 Å². The van der Waals surface area contributed by atoms with E-state index in [2.05, 4.69) is 44.2 Å². The first-order valence-electron chi connectivity index (χ1n) is 7.54. The lowest BCUT2D eigenvalue weighted by Gasteiger charge is -2.35. The minimum atomic E-state index is 0.117. The third-order valence-electron chi connectivity index (χ3n) is 4.00. The van der Waals surface area contributed by atoms with Gasteiger partial charge in [-0.05, 0) is 31.1 Å². The van der Waals surface area contributed by atoms with Crippen LogP contribution in [-0.2, 0) is 4.79 Å². The van der Waals surface area contributed by atoms with E-state index in [0.717, 1.165) is 18.8 Å². The quantitative estimate of drug-likeness (QED) is 0.903. The number of para-hydroxylation sites is 1. The molecule has 0 saturated carbocycles. The van der Waals surface area contributed by atoms with Gasteiger partial charge in [-0.2, -0.15) is 0 Å². The molecule has 21 heavy (non-hydrogen) atoms. The molecule has 116 valence electrons. The number of hydrogen-bond acceptors (Lipinski definition) is 3. The zero-order chi connectivity index (χ0) is 15.6. The average Bonchev–Trinajstić information content (AvgIpc) is 2.40. The number of anilines is 1. The summed E-state index contributed by atoms with van der Waals surface area (Å²) in [5.74, 6) is 0.177. The van der Waals surface area contributed by atoms with E-state index < -0.39 is 0 Å². The minimum Gasteiger partial charge on any atom is -0.315 e. The van der Waals surface area contributed by atoms with Crippen LogP contribution in [0, 0.1) is 5.41 Å². The van der Waals surface area contributed by atoms with Crippen LogP contribution in [0.15, 0.2) is 24.3 Å². The summed E-state index contributed by atoms with van der Waals surface area (Å²) >= 11 is 0. The molecule has 1 atom stereocenters. The SMILES string of the molecule is CN(C)CC(C)(C)CNC1CC(=O)N(C)c2ccccc21. The third kappa shape index (κ3) is 3.83. The van der Waals surface area contributed by atoms with Crippen LogP contribution in [0.25, 0.3) is 0 Å². The van der Waals surface area contributed by atoms with E-state index in [1.807, 2.05) is 25.2 Å². The predicted molar refractivity (Wildman–Crippen MR) is 87.5 cm³/mol. The van der Waals surface area contributed by atoms with Crippen LogP contribution < -0.4 is 10.2 Å². The van der Waals surface area contributed by atoms with Crippen molar-refractivity contribution in [2.24, 2.45) is 5.41 Å². The molecule has 0 radical (unpaired) electrons. The Morgan fingerprint density at radius 3 is 2.67 bits per heavy atom. The van der Waals surface area contributed by atoms with Crippen LogP contribution in [-0.4, -0.2) is 45.0 Å². The summed E-state index contributed by atoms with van der Waals surface area (Å²) in [6, 6.07) is 8.29. The minimum absolute atomic E-state index is 0.117. The smallest absolute Gasteiger partial charge is 0.228 e. The molecule has 1 unspecified atom stereocenters. The van der Waals surface area contributed by atoms with Crippen LogP contribution in [0.1, 0.15) is 31.9 Å². The number of nitrogens with zero attached hydrogens (tertiary/aromatic N) is 2. The maximum atomic E-state index is 12.1. The zero-order valence-corrected chi connectivity index (χ0v) is 13.8. The second kappa shape index (κ2) is 6.16. The average molecular weight is 289 g/mol. The van der Waals surface area contributed by atoms with Gasteiger partial charge in [0.1, 0.15) is 0 Å². The molecule has 0 spiro atoms. The standard InChI is InChI=1S/C17H27N3O/c1-17(2,12-19(3)4)11-18-14-10-16(21)20(5)15-9-7-6-8-13(14)15/h6-9,14,18H,10-12H2,1-5H3. The largest absolute Gasteiger partial charge is 0.315 e. The first-order valence-corrected chi connectivity index (χ1v) is 7.54. The molecule has 1 N–H and O–H groups in total. The normalized spacial score (nSPS) is 19.0. The molecule has 2 rings (SSSR count). The van der Waals surface area contributed by atoms with Gasteiger partial charge in [-0.25, -0.2) is 0 Å². The Kier molecular flexibility index (Phi) is 4.69. The van der Waals surface area contributed by atoms with Crippen molar-refractivity contribution in [1.82, 2.24) is 10.2 Å². The van der Waals surface area contributed by atoms with E-state index in [1.54, 1.807) is 4.90 Å². The molecule has 0 fully saturated rings. The molecule has 1 aliphatic rings. The van der Waals surface area contributed by atoms with Crippen molar-refractivity contribution in [1.29, 1.82) is 0 Å². The predicted octanol–water partition coefficient (Wildman–Crippen LogP) is 2.27.